The first-order valence-electron chi connectivity index (χ1n) is 13.5. The Labute approximate surface area is 220 Å². The van der Waals surface area contributed by atoms with Crippen molar-refractivity contribution >= 4 is 28.4 Å². The Hall–Kier alpha value is -3.33. The predicted molar refractivity (Wildman–Crippen MR) is 142 cm³/mol. The van der Waals surface area contributed by atoms with E-state index in [0.717, 1.165) is 48.8 Å². The van der Waals surface area contributed by atoms with Crippen LogP contribution in [0.15, 0.2) is 54.6 Å². The molecule has 2 unspecified atom stereocenters. The summed E-state index contributed by atoms with van der Waals surface area (Å²) in [5.41, 5.74) is 4.19. The summed E-state index contributed by atoms with van der Waals surface area (Å²) in [6, 6.07) is 17.6. The van der Waals surface area contributed by atoms with E-state index >= 15 is 0 Å². The molecule has 2 amide bonds. The van der Waals surface area contributed by atoms with Crippen LogP contribution in [0.4, 0.5) is 29.5 Å². The Morgan fingerprint density at radius 2 is 1.79 bits per heavy atom. The molecule has 0 spiro atoms. The Kier molecular flexibility index (Phi) is 6.63. The lowest BCUT2D eigenvalue weighted by molar-refractivity contribution is -0.166. The molecule has 38 heavy (non-hydrogen) atoms. The average Bonchev–Trinajstić information content (AvgIpc) is 3.26. The number of nitrogens with zero attached hydrogens (tertiary/aromatic N) is 2. The van der Waals surface area contributed by atoms with E-state index in [1.165, 1.54) is 11.1 Å². The summed E-state index contributed by atoms with van der Waals surface area (Å²) in [6.45, 7) is -0.864. The van der Waals surface area contributed by atoms with Crippen molar-refractivity contribution < 1.29 is 18.0 Å². The summed E-state index contributed by atoms with van der Waals surface area (Å²) < 4.78 is 39.1. The standard InChI is InChI=1S/C29H32F3N5O/c30-29(31,32)17-37-22-5-3-6-23(37)16-21(15-22)34-28(38)33-20-10-12-25-19(14-20)9-13-27(35-25)36-26-11-8-18-4-1-2-7-24(18)26/h1-2,4,7,9-10,12-14,21-23,26H,3,5-6,8,11,15-17H2,(H,35,36)(H2,33,34,38)/t21?,22?,23?,26-/m1/s1. The normalized spacial score (nSPS) is 25.1. The molecule has 2 aliphatic heterocycles. The van der Waals surface area contributed by atoms with Gasteiger partial charge in [0.2, 0.25) is 0 Å². The molecule has 9 heteroatoms. The van der Waals surface area contributed by atoms with Crippen molar-refractivity contribution in [1.29, 1.82) is 0 Å². The number of amides is 2. The molecule has 1 aromatic heterocycles. The summed E-state index contributed by atoms with van der Waals surface area (Å²) in [6.07, 6.45) is 1.43. The van der Waals surface area contributed by atoms with Crippen LogP contribution in [-0.2, 0) is 6.42 Å². The van der Waals surface area contributed by atoms with E-state index in [4.69, 9.17) is 4.98 Å². The molecular formula is C29H32F3N5O. The van der Waals surface area contributed by atoms with Crippen molar-refractivity contribution in [3.05, 3.63) is 65.7 Å². The van der Waals surface area contributed by atoms with Crippen molar-refractivity contribution in [2.75, 3.05) is 17.2 Å². The lowest BCUT2D eigenvalue weighted by Gasteiger charge is -2.49. The second kappa shape index (κ2) is 10.1. The summed E-state index contributed by atoms with van der Waals surface area (Å²) in [4.78, 5) is 19.1. The first kappa shape index (κ1) is 25.0. The minimum Gasteiger partial charge on any atom is -0.363 e. The highest BCUT2D eigenvalue weighted by Crippen LogP contribution is 2.36. The zero-order chi connectivity index (χ0) is 26.3. The van der Waals surface area contributed by atoms with E-state index in [1.807, 2.05) is 30.3 Å². The minimum absolute atomic E-state index is 0.133. The number of rotatable bonds is 5. The highest BCUT2D eigenvalue weighted by Gasteiger charge is 2.43. The van der Waals surface area contributed by atoms with E-state index in [0.29, 0.717) is 18.5 Å². The zero-order valence-corrected chi connectivity index (χ0v) is 21.1. The molecule has 3 aliphatic rings. The van der Waals surface area contributed by atoms with Gasteiger partial charge in [0.1, 0.15) is 5.82 Å². The largest absolute Gasteiger partial charge is 0.401 e. The monoisotopic (exact) mass is 523 g/mol. The number of nitrogens with one attached hydrogen (secondary N) is 3. The zero-order valence-electron chi connectivity index (χ0n) is 21.1. The molecule has 2 saturated heterocycles. The van der Waals surface area contributed by atoms with Crippen LogP contribution >= 0.6 is 0 Å². The van der Waals surface area contributed by atoms with Crippen LogP contribution in [0, 0.1) is 0 Å². The van der Waals surface area contributed by atoms with Gasteiger partial charge in [-0.05, 0) is 80.0 Å². The molecule has 3 aromatic rings. The van der Waals surface area contributed by atoms with E-state index in [2.05, 4.69) is 40.2 Å². The number of urea groups is 1. The lowest BCUT2D eigenvalue weighted by atomic mass is 9.81. The lowest BCUT2D eigenvalue weighted by Crippen LogP contribution is -2.59. The number of piperidine rings is 2. The number of fused-ring (bicyclic) bond motifs is 4. The fraction of sp³-hybridized carbons (Fsp3) is 0.448. The first-order chi connectivity index (χ1) is 18.3. The van der Waals surface area contributed by atoms with Gasteiger partial charge >= 0.3 is 12.2 Å². The van der Waals surface area contributed by atoms with Crippen LogP contribution in [-0.4, -0.2) is 46.8 Å². The quantitative estimate of drug-likeness (QED) is 0.362. The second-order valence-corrected chi connectivity index (χ2v) is 10.8. The molecule has 2 bridgehead atoms. The molecule has 200 valence electrons. The number of carbonyl (C=O) groups excluding carboxylic acids is 1. The topological polar surface area (TPSA) is 69.3 Å². The van der Waals surface area contributed by atoms with E-state index in [-0.39, 0.29) is 30.2 Å². The molecule has 2 fully saturated rings. The molecule has 2 aromatic carbocycles. The van der Waals surface area contributed by atoms with Gasteiger partial charge in [-0.15, -0.1) is 0 Å². The predicted octanol–water partition coefficient (Wildman–Crippen LogP) is 6.40. The fourth-order valence-corrected chi connectivity index (χ4v) is 6.58. The molecular weight excluding hydrogens is 491 g/mol. The Bertz CT molecular complexity index is 1320. The summed E-state index contributed by atoms with van der Waals surface area (Å²) in [5, 5.41) is 10.4. The van der Waals surface area contributed by atoms with Gasteiger partial charge in [0.05, 0.1) is 18.1 Å². The van der Waals surface area contributed by atoms with Crippen molar-refractivity contribution in [2.24, 2.45) is 0 Å². The van der Waals surface area contributed by atoms with Gasteiger partial charge in [0.15, 0.2) is 0 Å². The summed E-state index contributed by atoms with van der Waals surface area (Å²) in [7, 11) is 0. The van der Waals surface area contributed by atoms with Crippen LogP contribution in [0.1, 0.15) is 55.7 Å². The van der Waals surface area contributed by atoms with E-state index in [1.54, 1.807) is 4.90 Å². The first-order valence-corrected chi connectivity index (χ1v) is 13.5. The van der Waals surface area contributed by atoms with Crippen LogP contribution in [0.5, 0.6) is 0 Å². The van der Waals surface area contributed by atoms with E-state index < -0.39 is 12.7 Å². The Morgan fingerprint density at radius 3 is 2.58 bits per heavy atom. The number of aromatic nitrogens is 1. The maximum atomic E-state index is 13.0. The number of hydrogen-bond donors (Lipinski definition) is 3. The maximum absolute atomic E-state index is 13.0. The molecule has 6 nitrogen and oxygen atoms in total. The smallest absolute Gasteiger partial charge is 0.363 e. The van der Waals surface area contributed by atoms with Crippen LogP contribution in [0.2, 0.25) is 0 Å². The van der Waals surface area contributed by atoms with Crippen LogP contribution < -0.4 is 16.0 Å². The Morgan fingerprint density at radius 1 is 1.00 bits per heavy atom. The third-order valence-electron chi connectivity index (χ3n) is 8.23. The van der Waals surface area contributed by atoms with Gasteiger partial charge in [-0.1, -0.05) is 30.7 Å². The molecule has 3 atom stereocenters. The number of anilines is 2. The third kappa shape index (κ3) is 5.43. The minimum atomic E-state index is -4.20. The van der Waals surface area contributed by atoms with Gasteiger partial charge < -0.3 is 16.0 Å². The molecule has 1 aliphatic carbocycles. The van der Waals surface area contributed by atoms with Gasteiger partial charge in [-0.2, -0.15) is 13.2 Å². The number of carbonyl (C=O) groups is 1. The van der Waals surface area contributed by atoms with Gasteiger partial charge in [-0.3, -0.25) is 4.90 Å². The maximum Gasteiger partial charge on any atom is 0.401 e. The van der Waals surface area contributed by atoms with Gasteiger partial charge in [-0.25, -0.2) is 9.78 Å². The van der Waals surface area contributed by atoms with E-state index in [9.17, 15) is 18.0 Å². The van der Waals surface area contributed by atoms with Crippen molar-refractivity contribution in [2.45, 2.75) is 75.3 Å². The van der Waals surface area contributed by atoms with Crippen molar-refractivity contribution in [1.82, 2.24) is 15.2 Å². The molecule has 3 heterocycles. The SMILES string of the molecule is O=C(Nc1ccc2nc(N[C@@H]3CCc4ccccc43)ccc2c1)NC1CC2CCCC(C1)N2CC(F)(F)F. The average molecular weight is 524 g/mol. The summed E-state index contributed by atoms with van der Waals surface area (Å²) in [5.74, 6) is 0.820. The van der Waals surface area contributed by atoms with Gasteiger partial charge in [0, 0.05) is 29.2 Å². The second-order valence-electron chi connectivity index (χ2n) is 10.8. The number of hydrogen-bond acceptors (Lipinski definition) is 4. The van der Waals surface area contributed by atoms with Crippen LogP contribution in [0.25, 0.3) is 10.9 Å². The van der Waals surface area contributed by atoms with Crippen molar-refractivity contribution in [3.8, 4) is 0 Å². The molecule has 3 N–H and O–H groups in total. The highest BCUT2D eigenvalue weighted by atomic mass is 19.4. The number of aryl methyl sites for hydroxylation is 1. The Balaban J connectivity index is 1.07. The number of benzene rings is 2. The van der Waals surface area contributed by atoms with Gasteiger partial charge in [0.25, 0.3) is 0 Å². The third-order valence-corrected chi connectivity index (χ3v) is 8.23. The molecule has 0 radical (unpaired) electrons. The fourth-order valence-electron chi connectivity index (χ4n) is 6.58. The number of alkyl halides is 3. The molecule has 6 rings (SSSR count). The van der Waals surface area contributed by atoms with Crippen LogP contribution in [0.3, 0.4) is 0 Å². The molecule has 0 saturated carbocycles. The summed E-state index contributed by atoms with van der Waals surface area (Å²) >= 11 is 0. The number of halogens is 3. The number of pyridine rings is 1. The van der Waals surface area contributed by atoms with Crippen molar-refractivity contribution in [3.63, 3.8) is 0 Å². The highest BCUT2D eigenvalue weighted by molar-refractivity contribution is 5.93.